The van der Waals surface area contributed by atoms with E-state index in [1.54, 1.807) is 0 Å². The van der Waals surface area contributed by atoms with Crippen LogP contribution in [0.5, 0.6) is 0 Å². The second kappa shape index (κ2) is 6.12. The number of hydrogen-bond donors (Lipinski definition) is 2. The molecule has 0 aliphatic rings. The summed E-state index contributed by atoms with van der Waals surface area (Å²) in [5, 5.41) is 10.8. The van der Waals surface area contributed by atoms with E-state index in [1.807, 2.05) is 51.9 Å². The van der Waals surface area contributed by atoms with E-state index in [9.17, 15) is 4.79 Å². The van der Waals surface area contributed by atoms with Gasteiger partial charge in [0.05, 0.1) is 5.69 Å². The number of rotatable bonds is 4. The topological polar surface area (TPSA) is 87.0 Å². The first-order chi connectivity index (χ1) is 11.4. The van der Waals surface area contributed by atoms with E-state index < -0.39 is 0 Å². The van der Waals surface area contributed by atoms with Gasteiger partial charge in [-0.3, -0.25) is 9.89 Å². The summed E-state index contributed by atoms with van der Waals surface area (Å²) in [6.07, 6.45) is 0. The van der Waals surface area contributed by atoms with E-state index in [1.165, 1.54) is 11.3 Å². The number of hydrogen-bond acceptors (Lipinski definition) is 6. The highest BCUT2D eigenvalue weighted by Gasteiger charge is 2.20. The fourth-order valence-electron chi connectivity index (χ4n) is 2.28. The lowest BCUT2D eigenvalue weighted by molar-refractivity contribution is 0.102. The van der Waals surface area contributed by atoms with E-state index in [-0.39, 0.29) is 5.91 Å². The number of aromatic nitrogens is 3. The minimum absolute atomic E-state index is 0.213. The highest BCUT2D eigenvalue weighted by atomic mass is 32.1. The lowest BCUT2D eigenvalue weighted by atomic mass is 10.2. The Kier molecular flexibility index (Phi) is 4.15. The molecule has 0 fully saturated rings. The first kappa shape index (κ1) is 16.3. The SMILES string of the molecule is Cc1ccc(-c2[nH]nc(NC(=O)c3sc(N(C)C)nc3C)c2C)o1. The van der Waals surface area contributed by atoms with Crippen molar-refractivity contribution in [3.63, 3.8) is 0 Å². The highest BCUT2D eigenvalue weighted by molar-refractivity contribution is 7.17. The number of furan rings is 1. The van der Waals surface area contributed by atoms with Crippen molar-refractivity contribution in [3.05, 3.63) is 34.0 Å². The van der Waals surface area contributed by atoms with Crippen molar-refractivity contribution < 1.29 is 9.21 Å². The first-order valence-corrected chi connectivity index (χ1v) is 8.26. The fraction of sp³-hybridized carbons (Fsp3) is 0.312. The van der Waals surface area contributed by atoms with Gasteiger partial charge in [0.25, 0.3) is 5.91 Å². The molecule has 126 valence electrons. The van der Waals surface area contributed by atoms with Crippen molar-refractivity contribution in [3.8, 4) is 11.5 Å². The molecular weight excluding hydrogens is 326 g/mol. The van der Waals surface area contributed by atoms with E-state index in [4.69, 9.17) is 4.42 Å². The first-order valence-electron chi connectivity index (χ1n) is 7.44. The van der Waals surface area contributed by atoms with Crippen LogP contribution in [0.1, 0.15) is 26.7 Å². The third kappa shape index (κ3) is 2.92. The van der Waals surface area contributed by atoms with E-state index >= 15 is 0 Å². The number of carbonyl (C=O) groups is 1. The van der Waals surface area contributed by atoms with Crippen LogP contribution in [0.25, 0.3) is 11.5 Å². The molecule has 3 aromatic rings. The molecule has 2 N–H and O–H groups in total. The number of nitrogens with one attached hydrogen (secondary N) is 2. The van der Waals surface area contributed by atoms with Gasteiger partial charge in [-0.05, 0) is 32.9 Å². The van der Waals surface area contributed by atoms with Crippen LogP contribution in [0.15, 0.2) is 16.5 Å². The molecule has 0 saturated carbocycles. The molecule has 0 aliphatic carbocycles. The Labute approximate surface area is 143 Å². The van der Waals surface area contributed by atoms with Gasteiger partial charge in [0.2, 0.25) is 0 Å². The molecule has 3 heterocycles. The molecule has 1 amide bonds. The summed E-state index contributed by atoms with van der Waals surface area (Å²) in [5.74, 6) is 1.79. The molecular formula is C16H19N5O2S. The lowest BCUT2D eigenvalue weighted by Crippen LogP contribution is -2.12. The van der Waals surface area contributed by atoms with Crippen molar-refractivity contribution in [2.75, 3.05) is 24.3 Å². The molecule has 3 rings (SSSR count). The van der Waals surface area contributed by atoms with Gasteiger partial charge in [-0.15, -0.1) is 0 Å². The van der Waals surface area contributed by atoms with E-state index in [0.29, 0.717) is 22.1 Å². The zero-order valence-corrected chi connectivity index (χ0v) is 15.0. The van der Waals surface area contributed by atoms with E-state index in [0.717, 1.165) is 22.1 Å². The molecule has 7 nitrogen and oxygen atoms in total. The molecule has 0 aliphatic heterocycles. The molecule has 0 spiro atoms. The fourth-order valence-corrected chi connectivity index (χ4v) is 3.16. The van der Waals surface area contributed by atoms with Gasteiger partial charge < -0.3 is 14.6 Å². The molecule has 8 heteroatoms. The third-order valence-corrected chi connectivity index (χ3v) is 4.93. The molecule has 0 aromatic carbocycles. The Bertz CT molecular complexity index is 890. The van der Waals surface area contributed by atoms with Gasteiger partial charge in [0, 0.05) is 19.7 Å². The smallest absolute Gasteiger partial charge is 0.268 e. The summed E-state index contributed by atoms with van der Waals surface area (Å²) in [7, 11) is 3.80. The van der Waals surface area contributed by atoms with Crippen LogP contribution in [-0.4, -0.2) is 35.2 Å². The van der Waals surface area contributed by atoms with Crippen LogP contribution in [0.4, 0.5) is 10.9 Å². The number of nitrogens with zero attached hydrogens (tertiary/aromatic N) is 3. The quantitative estimate of drug-likeness (QED) is 0.757. The Morgan fingerprint density at radius 1 is 1.29 bits per heavy atom. The monoisotopic (exact) mass is 345 g/mol. The second-order valence-corrected chi connectivity index (χ2v) is 6.72. The molecule has 0 unspecified atom stereocenters. The predicted octanol–water partition coefficient (Wildman–Crippen LogP) is 3.37. The summed E-state index contributed by atoms with van der Waals surface area (Å²) in [5.41, 5.74) is 2.29. The Morgan fingerprint density at radius 2 is 2.04 bits per heavy atom. The Morgan fingerprint density at radius 3 is 2.62 bits per heavy atom. The van der Waals surface area contributed by atoms with Gasteiger partial charge in [0.1, 0.15) is 16.3 Å². The van der Waals surface area contributed by atoms with Crippen molar-refractivity contribution in [1.29, 1.82) is 0 Å². The summed E-state index contributed by atoms with van der Waals surface area (Å²) in [6, 6.07) is 3.76. The van der Waals surface area contributed by atoms with Crippen LogP contribution in [0.2, 0.25) is 0 Å². The summed E-state index contributed by atoms with van der Waals surface area (Å²) < 4.78 is 5.60. The number of H-pyrrole nitrogens is 1. The normalized spacial score (nSPS) is 10.9. The highest BCUT2D eigenvalue weighted by Crippen LogP contribution is 2.29. The largest absolute Gasteiger partial charge is 0.460 e. The molecule has 3 aromatic heterocycles. The maximum Gasteiger partial charge on any atom is 0.268 e. The number of amides is 1. The third-order valence-electron chi connectivity index (χ3n) is 3.60. The average molecular weight is 345 g/mol. The molecule has 0 radical (unpaired) electrons. The molecule has 0 atom stereocenters. The lowest BCUT2D eigenvalue weighted by Gasteiger charge is -2.05. The van der Waals surface area contributed by atoms with E-state index in [2.05, 4.69) is 20.5 Å². The standard InChI is InChI=1S/C16H19N5O2S/c1-8-6-7-11(23-8)12-9(2)14(20-19-12)18-15(22)13-10(3)17-16(24-13)21(4)5/h6-7H,1-5H3,(H2,18,19,20,22). The average Bonchev–Trinajstić information content (AvgIpc) is 3.20. The van der Waals surface area contributed by atoms with Crippen molar-refractivity contribution >= 4 is 28.2 Å². The number of aryl methyl sites for hydroxylation is 2. The van der Waals surface area contributed by atoms with Crippen LogP contribution in [0, 0.1) is 20.8 Å². The number of aromatic amines is 1. The maximum absolute atomic E-state index is 12.5. The Hall–Kier alpha value is -2.61. The van der Waals surface area contributed by atoms with Gasteiger partial charge in [-0.1, -0.05) is 11.3 Å². The summed E-state index contributed by atoms with van der Waals surface area (Å²) in [4.78, 5) is 19.4. The summed E-state index contributed by atoms with van der Waals surface area (Å²) >= 11 is 1.35. The minimum Gasteiger partial charge on any atom is -0.460 e. The number of carbonyl (C=O) groups excluding carboxylic acids is 1. The van der Waals surface area contributed by atoms with Gasteiger partial charge in [0.15, 0.2) is 16.7 Å². The van der Waals surface area contributed by atoms with Gasteiger partial charge in [-0.2, -0.15) is 5.10 Å². The molecule has 0 bridgehead atoms. The minimum atomic E-state index is -0.213. The van der Waals surface area contributed by atoms with Crippen LogP contribution in [0.3, 0.4) is 0 Å². The van der Waals surface area contributed by atoms with Crippen LogP contribution >= 0.6 is 11.3 Å². The Balaban J connectivity index is 1.84. The van der Waals surface area contributed by atoms with Crippen molar-refractivity contribution in [2.45, 2.75) is 20.8 Å². The zero-order valence-electron chi connectivity index (χ0n) is 14.2. The van der Waals surface area contributed by atoms with Crippen LogP contribution in [-0.2, 0) is 0 Å². The maximum atomic E-state index is 12.5. The zero-order chi connectivity index (χ0) is 17.4. The number of thiazole rings is 1. The second-order valence-electron chi connectivity index (χ2n) is 5.74. The van der Waals surface area contributed by atoms with Gasteiger partial charge >= 0.3 is 0 Å². The number of anilines is 2. The van der Waals surface area contributed by atoms with Crippen molar-refractivity contribution in [1.82, 2.24) is 15.2 Å². The van der Waals surface area contributed by atoms with Crippen LogP contribution < -0.4 is 10.2 Å². The molecule has 24 heavy (non-hydrogen) atoms. The van der Waals surface area contributed by atoms with Gasteiger partial charge in [-0.25, -0.2) is 4.98 Å². The molecule has 0 saturated heterocycles. The van der Waals surface area contributed by atoms with Crippen molar-refractivity contribution in [2.24, 2.45) is 0 Å². The predicted molar refractivity (Wildman–Crippen MR) is 94.9 cm³/mol. The summed E-state index contributed by atoms with van der Waals surface area (Å²) in [6.45, 7) is 5.59.